The van der Waals surface area contributed by atoms with Gasteiger partial charge in [-0.1, -0.05) is 13.3 Å². The van der Waals surface area contributed by atoms with E-state index in [1.807, 2.05) is 0 Å². The van der Waals surface area contributed by atoms with E-state index in [1.165, 1.54) is 12.8 Å². The molecular formula is C14H30O3. The molecule has 0 aliphatic rings. The smallest absolute Gasteiger partial charge is 0.0644 e. The van der Waals surface area contributed by atoms with E-state index in [0.29, 0.717) is 0 Å². The highest BCUT2D eigenvalue weighted by atomic mass is 16.5. The molecule has 0 aliphatic carbocycles. The number of hydrogen-bond donors (Lipinski definition) is 0. The number of rotatable bonds is 12. The Bertz CT molecular complexity index is 158. The molecule has 0 atom stereocenters. The molecule has 0 heterocycles. The molecule has 0 N–H and O–H groups in total. The molecule has 0 aromatic rings. The zero-order valence-electron chi connectivity index (χ0n) is 12.1. The summed E-state index contributed by atoms with van der Waals surface area (Å²) >= 11 is 0. The minimum absolute atomic E-state index is 0.0662. The van der Waals surface area contributed by atoms with Crippen molar-refractivity contribution in [1.29, 1.82) is 0 Å². The number of ether oxygens (including phenoxy) is 3. The van der Waals surface area contributed by atoms with Gasteiger partial charge in [-0.05, 0) is 39.5 Å². The normalized spacial score (nSPS) is 12.0. The number of hydrogen-bond acceptors (Lipinski definition) is 3. The van der Waals surface area contributed by atoms with Crippen LogP contribution in [0.15, 0.2) is 0 Å². The van der Waals surface area contributed by atoms with E-state index in [0.717, 1.165) is 45.7 Å². The fourth-order valence-electron chi connectivity index (χ4n) is 1.28. The highest BCUT2D eigenvalue weighted by Crippen LogP contribution is 2.12. The highest BCUT2D eigenvalue weighted by Gasteiger charge is 2.15. The van der Waals surface area contributed by atoms with Gasteiger partial charge in [-0.3, -0.25) is 0 Å². The van der Waals surface area contributed by atoms with E-state index >= 15 is 0 Å². The lowest BCUT2D eigenvalue weighted by Crippen LogP contribution is -2.24. The van der Waals surface area contributed by atoms with Gasteiger partial charge in [-0.2, -0.15) is 0 Å². The van der Waals surface area contributed by atoms with Crippen molar-refractivity contribution < 1.29 is 14.2 Å². The SMILES string of the molecule is CCCCOCCCCOCCC(C)(C)OC. The van der Waals surface area contributed by atoms with Gasteiger partial charge in [-0.15, -0.1) is 0 Å². The standard InChI is InChI=1S/C14H30O3/c1-5-6-10-16-11-7-8-12-17-13-9-14(2,3)15-4/h5-13H2,1-4H3. The van der Waals surface area contributed by atoms with Crippen LogP contribution in [0.5, 0.6) is 0 Å². The van der Waals surface area contributed by atoms with Crippen LogP contribution in [0.1, 0.15) is 52.9 Å². The van der Waals surface area contributed by atoms with E-state index in [4.69, 9.17) is 14.2 Å². The molecule has 17 heavy (non-hydrogen) atoms. The Labute approximate surface area is 107 Å². The molecule has 0 radical (unpaired) electrons. The molecule has 104 valence electrons. The largest absolute Gasteiger partial charge is 0.381 e. The first-order chi connectivity index (χ1) is 8.12. The van der Waals surface area contributed by atoms with Gasteiger partial charge in [0.2, 0.25) is 0 Å². The third kappa shape index (κ3) is 12.1. The molecule has 0 aromatic heterocycles. The molecule has 0 bridgehead atoms. The number of methoxy groups -OCH3 is 1. The van der Waals surface area contributed by atoms with E-state index in [1.54, 1.807) is 7.11 Å². The zero-order valence-corrected chi connectivity index (χ0v) is 12.1. The Hall–Kier alpha value is -0.120. The molecule has 0 saturated carbocycles. The molecule has 0 fully saturated rings. The van der Waals surface area contributed by atoms with Gasteiger partial charge in [0.15, 0.2) is 0 Å². The second kappa shape index (κ2) is 11.0. The van der Waals surface area contributed by atoms with Gasteiger partial charge in [-0.25, -0.2) is 0 Å². The van der Waals surface area contributed by atoms with Crippen molar-refractivity contribution in [1.82, 2.24) is 0 Å². The van der Waals surface area contributed by atoms with Crippen LogP contribution in [-0.4, -0.2) is 39.1 Å². The minimum atomic E-state index is -0.0662. The maximum absolute atomic E-state index is 5.56. The van der Waals surface area contributed by atoms with Crippen LogP contribution in [0, 0.1) is 0 Å². The summed E-state index contributed by atoms with van der Waals surface area (Å²) in [4.78, 5) is 0. The number of unbranched alkanes of at least 4 members (excludes halogenated alkanes) is 2. The third-order valence-corrected chi connectivity index (χ3v) is 2.87. The van der Waals surface area contributed by atoms with Gasteiger partial charge in [0.25, 0.3) is 0 Å². The summed E-state index contributed by atoms with van der Waals surface area (Å²) in [5.41, 5.74) is -0.0662. The van der Waals surface area contributed by atoms with Crippen LogP contribution < -0.4 is 0 Å². The summed E-state index contributed by atoms with van der Waals surface area (Å²) in [5.74, 6) is 0. The van der Waals surface area contributed by atoms with Gasteiger partial charge >= 0.3 is 0 Å². The summed E-state index contributed by atoms with van der Waals surface area (Å²) in [6, 6.07) is 0. The maximum atomic E-state index is 5.56. The maximum Gasteiger partial charge on any atom is 0.0644 e. The Morgan fingerprint density at radius 3 is 1.88 bits per heavy atom. The third-order valence-electron chi connectivity index (χ3n) is 2.87. The monoisotopic (exact) mass is 246 g/mol. The van der Waals surface area contributed by atoms with Gasteiger partial charge in [0.05, 0.1) is 5.60 Å². The lowest BCUT2D eigenvalue weighted by molar-refractivity contribution is -0.0107. The Morgan fingerprint density at radius 1 is 0.824 bits per heavy atom. The van der Waals surface area contributed by atoms with Crippen molar-refractivity contribution >= 4 is 0 Å². The Balaban J connectivity index is 3.09. The predicted molar refractivity (Wildman–Crippen MR) is 71.5 cm³/mol. The Kier molecular flexibility index (Phi) is 10.9. The van der Waals surface area contributed by atoms with Crippen molar-refractivity contribution in [2.24, 2.45) is 0 Å². The van der Waals surface area contributed by atoms with E-state index in [-0.39, 0.29) is 5.60 Å². The molecule has 0 unspecified atom stereocenters. The van der Waals surface area contributed by atoms with Crippen molar-refractivity contribution in [3.63, 3.8) is 0 Å². The highest BCUT2D eigenvalue weighted by molar-refractivity contribution is 4.66. The molecule has 0 aliphatic heterocycles. The molecule has 0 rings (SSSR count). The fraction of sp³-hybridized carbons (Fsp3) is 1.00. The van der Waals surface area contributed by atoms with Crippen LogP contribution in [0.4, 0.5) is 0 Å². The molecule has 3 heteroatoms. The molecule has 0 spiro atoms. The van der Waals surface area contributed by atoms with E-state index in [2.05, 4.69) is 20.8 Å². The minimum Gasteiger partial charge on any atom is -0.381 e. The lowest BCUT2D eigenvalue weighted by atomic mass is 10.1. The summed E-state index contributed by atoms with van der Waals surface area (Å²) in [5, 5.41) is 0. The molecule has 3 nitrogen and oxygen atoms in total. The fourth-order valence-corrected chi connectivity index (χ4v) is 1.28. The van der Waals surface area contributed by atoms with Crippen molar-refractivity contribution in [3.8, 4) is 0 Å². The van der Waals surface area contributed by atoms with Crippen LogP contribution in [0.3, 0.4) is 0 Å². The van der Waals surface area contributed by atoms with Crippen LogP contribution in [-0.2, 0) is 14.2 Å². The first-order valence-corrected chi connectivity index (χ1v) is 6.83. The second-order valence-corrected chi connectivity index (χ2v) is 5.00. The average molecular weight is 246 g/mol. The summed E-state index contributed by atoms with van der Waals surface area (Å²) in [6.07, 6.45) is 5.49. The molecule has 0 aromatic carbocycles. The van der Waals surface area contributed by atoms with Crippen molar-refractivity contribution in [2.45, 2.75) is 58.5 Å². The van der Waals surface area contributed by atoms with E-state index < -0.39 is 0 Å². The topological polar surface area (TPSA) is 27.7 Å². The molecular weight excluding hydrogens is 216 g/mol. The van der Waals surface area contributed by atoms with Crippen LogP contribution in [0.2, 0.25) is 0 Å². The van der Waals surface area contributed by atoms with Crippen LogP contribution >= 0.6 is 0 Å². The second-order valence-electron chi connectivity index (χ2n) is 5.00. The van der Waals surface area contributed by atoms with Crippen LogP contribution in [0.25, 0.3) is 0 Å². The Morgan fingerprint density at radius 2 is 1.35 bits per heavy atom. The lowest BCUT2D eigenvalue weighted by Gasteiger charge is -2.22. The zero-order chi connectivity index (χ0) is 13.0. The van der Waals surface area contributed by atoms with Gasteiger partial charge in [0.1, 0.15) is 0 Å². The quantitative estimate of drug-likeness (QED) is 0.494. The van der Waals surface area contributed by atoms with Crippen molar-refractivity contribution in [2.75, 3.05) is 33.5 Å². The van der Waals surface area contributed by atoms with E-state index in [9.17, 15) is 0 Å². The molecule has 0 amide bonds. The van der Waals surface area contributed by atoms with Gasteiger partial charge in [0, 0.05) is 33.5 Å². The first kappa shape index (κ1) is 16.9. The summed E-state index contributed by atoms with van der Waals surface area (Å²) < 4.78 is 16.4. The summed E-state index contributed by atoms with van der Waals surface area (Å²) in [7, 11) is 1.74. The molecule has 0 saturated heterocycles. The van der Waals surface area contributed by atoms with Gasteiger partial charge < -0.3 is 14.2 Å². The van der Waals surface area contributed by atoms with Crippen molar-refractivity contribution in [3.05, 3.63) is 0 Å². The summed E-state index contributed by atoms with van der Waals surface area (Å²) in [6.45, 7) is 9.72. The average Bonchev–Trinajstić information content (AvgIpc) is 2.31. The first-order valence-electron chi connectivity index (χ1n) is 6.83. The predicted octanol–water partition coefficient (Wildman–Crippen LogP) is 3.42.